The maximum absolute atomic E-state index is 10.2. The van der Waals surface area contributed by atoms with Crippen LogP contribution in [0.25, 0.3) is 0 Å². The fourth-order valence-corrected chi connectivity index (χ4v) is 2.08. The van der Waals surface area contributed by atoms with Gasteiger partial charge in [0.1, 0.15) is 0 Å². The summed E-state index contributed by atoms with van der Waals surface area (Å²) in [5.74, 6) is 0. The third-order valence-corrected chi connectivity index (χ3v) is 3.19. The van der Waals surface area contributed by atoms with Crippen molar-refractivity contribution in [3.8, 4) is 0 Å². The van der Waals surface area contributed by atoms with Gasteiger partial charge >= 0.3 is 10.4 Å². The van der Waals surface area contributed by atoms with Crippen molar-refractivity contribution in [1.82, 2.24) is 0 Å². The molecule has 107 valence electrons. The molecular formula is C12H26LaO4S. The molecule has 0 heterocycles. The second kappa shape index (κ2) is 14.5. The van der Waals surface area contributed by atoms with E-state index in [1.165, 1.54) is 44.9 Å². The number of hydrogen-bond acceptors (Lipinski definition) is 3. The predicted molar refractivity (Wildman–Crippen MR) is 69.3 cm³/mol. The molecule has 18 heavy (non-hydrogen) atoms. The van der Waals surface area contributed by atoms with E-state index in [0.717, 1.165) is 12.8 Å². The average molecular weight is 405 g/mol. The Kier molecular flexibility index (Phi) is 17.2. The molecule has 1 N–H and O–H groups in total. The fraction of sp³-hybridized carbons (Fsp3) is 1.00. The van der Waals surface area contributed by atoms with Crippen LogP contribution in [0, 0.1) is 35.6 Å². The molecule has 0 fully saturated rings. The second-order valence-electron chi connectivity index (χ2n) is 4.43. The van der Waals surface area contributed by atoms with E-state index in [1.807, 2.05) is 0 Å². The zero-order valence-corrected chi connectivity index (χ0v) is 15.9. The van der Waals surface area contributed by atoms with E-state index in [-0.39, 0.29) is 42.2 Å². The van der Waals surface area contributed by atoms with Gasteiger partial charge in [-0.15, -0.1) is 0 Å². The van der Waals surface area contributed by atoms with E-state index >= 15 is 0 Å². The van der Waals surface area contributed by atoms with Crippen LogP contribution in [0.4, 0.5) is 0 Å². The van der Waals surface area contributed by atoms with Gasteiger partial charge in [0.25, 0.3) is 0 Å². The zero-order chi connectivity index (χ0) is 13.0. The summed E-state index contributed by atoms with van der Waals surface area (Å²) in [4.78, 5) is 0. The molecule has 0 saturated heterocycles. The minimum atomic E-state index is -4.23. The fourth-order valence-electron chi connectivity index (χ4n) is 1.75. The Bertz CT molecular complexity index is 255. The Labute approximate surface area is 140 Å². The maximum Gasteiger partial charge on any atom is 0.397 e. The summed E-state index contributed by atoms with van der Waals surface area (Å²) in [5, 5.41) is 0. The van der Waals surface area contributed by atoms with Crippen molar-refractivity contribution >= 4 is 10.4 Å². The SMILES string of the molecule is CCCCCCCCCCCCOS(=O)(=O)O.[La]. The van der Waals surface area contributed by atoms with Crippen molar-refractivity contribution in [3.63, 3.8) is 0 Å². The predicted octanol–water partition coefficient (Wildman–Crippen LogP) is 3.73. The molecule has 0 aliphatic carbocycles. The van der Waals surface area contributed by atoms with Gasteiger partial charge in [-0.1, -0.05) is 64.7 Å². The van der Waals surface area contributed by atoms with Crippen LogP contribution >= 0.6 is 0 Å². The van der Waals surface area contributed by atoms with E-state index in [2.05, 4.69) is 11.1 Å². The minimum absolute atomic E-state index is 0. The summed E-state index contributed by atoms with van der Waals surface area (Å²) >= 11 is 0. The first-order valence-electron chi connectivity index (χ1n) is 6.68. The second-order valence-corrected chi connectivity index (χ2v) is 5.52. The van der Waals surface area contributed by atoms with Crippen LogP contribution in [-0.4, -0.2) is 19.6 Å². The van der Waals surface area contributed by atoms with Crippen molar-refractivity contribution in [2.45, 2.75) is 71.1 Å². The first kappa shape index (κ1) is 21.4. The van der Waals surface area contributed by atoms with Crippen molar-refractivity contribution in [2.24, 2.45) is 0 Å². The van der Waals surface area contributed by atoms with Crippen molar-refractivity contribution < 1.29 is 52.8 Å². The molecule has 0 aromatic heterocycles. The summed E-state index contributed by atoms with van der Waals surface area (Å²) in [6.07, 6.45) is 11.9. The van der Waals surface area contributed by atoms with Crippen molar-refractivity contribution in [1.29, 1.82) is 0 Å². The van der Waals surface area contributed by atoms with E-state index in [1.54, 1.807) is 0 Å². The molecule has 0 atom stereocenters. The molecular weight excluding hydrogens is 379 g/mol. The quantitative estimate of drug-likeness (QED) is 0.397. The summed E-state index contributed by atoms with van der Waals surface area (Å²) in [7, 11) is -4.23. The largest absolute Gasteiger partial charge is 0.397 e. The Balaban J connectivity index is 0. The van der Waals surface area contributed by atoms with Crippen LogP contribution in [0.5, 0.6) is 0 Å². The van der Waals surface area contributed by atoms with Crippen LogP contribution in [0.1, 0.15) is 71.1 Å². The monoisotopic (exact) mass is 405 g/mol. The van der Waals surface area contributed by atoms with E-state index < -0.39 is 10.4 Å². The van der Waals surface area contributed by atoms with Crippen LogP contribution in [-0.2, 0) is 14.6 Å². The first-order valence-corrected chi connectivity index (χ1v) is 8.04. The summed E-state index contributed by atoms with van der Waals surface area (Å²) in [6.45, 7) is 2.31. The Hall–Kier alpha value is 1.06. The Morgan fingerprint density at radius 1 is 0.833 bits per heavy atom. The molecule has 0 amide bonds. The van der Waals surface area contributed by atoms with Gasteiger partial charge in [0.15, 0.2) is 0 Å². The molecule has 0 bridgehead atoms. The van der Waals surface area contributed by atoms with E-state index in [0.29, 0.717) is 6.42 Å². The number of unbranched alkanes of at least 4 members (excludes halogenated alkanes) is 9. The smallest absolute Gasteiger partial charge is 0.264 e. The van der Waals surface area contributed by atoms with Gasteiger partial charge in [0.05, 0.1) is 6.61 Å². The summed E-state index contributed by atoms with van der Waals surface area (Å²) in [5.41, 5.74) is 0. The van der Waals surface area contributed by atoms with E-state index in [4.69, 9.17) is 4.55 Å². The third-order valence-electron chi connectivity index (χ3n) is 2.73. The number of hydrogen-bond donors (Lipinski definition) is 1. The van der Waals surface area contributed by atoms with Crippen LogP contribution in [0.3, 0.4) is 0 Å². The van der Waals surface area contributed by atoms with Crippen molar-refractivity contribution in [2.75, 3.05) is 6.61 Å². The topological polar surface area (TPSA) is 63.6 Å². The van der Waals surface area contributed by atoms with Crippen LogP contribution in [0.15, 0.2) is 0 Å². The molecule has 0 aromatic carbocycles. The third kappa shape index (κ3) is 19.4. The van der Waals surface area contributed by atoms with Gasteiger partial charge in [-0.3, -0.25) is 4.55 Å². The molecule has 0 spiro atoms. The molecule has 1 radical (unpaired) electrons. The molecule has 0 aliphatic heterocycles. The molecule has 4 nitrogen and oxygen atoms in total. The van der Waals surface area contributed by atoms with Gasteiger partial charge < -0.3 is 0 Å². The molecule has 0 saturated carbocycles. The molecule has 0 aliphatic rings. The summed E-state index contributed by atoms with van der Waals surface area (Å²) in [6, 6.07) is 0. The summed E-state index contributed by atoms with van der Waals surface area (Å²) < 4.78 is 33.0. The van der Waals surface area contributed by atoms with Gasteiger partial charge in [0.2, 0.25) is 0 Å². The average Bonchev–Trinajstić information content (AvgIpc) is 2.24. The zero-order valence-electron chi connectivity index (χ0n) is 11.4. The number of rotatable bonds is 12. The molecule has 0 aromatic rings. The van der Waals surface area contributed by atoms with Gasteiger partial charge in [-0.05, 0) is 6.42 Å². The van der Waals surface area contributed by atoms with Crippen LogP contribution < -0.4 is 0 Å². The molecule has 0 rings (SSSR count). The van der Waals surface area contributed by atoms with Gasteiger partial charge in [-0.25, -0.2) is 4.18 Å². The van der Waals surface area contributed by atoms with Gasteiger partial charge in [-0.2, -0.15) is 8.42 Å². The first-order chi connectivity index (χ1) is 8.06. The van der Waals surface area contributed by atoms with Crippen LogP contribution in [0.2, 0.25) is 0 Å². The standard InChI is InChI=1S/C12H26O4S.La/c1-2-3-4-5-6-7-8-9-10-11-12-16-17(13,14)15;/h2-12H2,1H3,(H,13,14,15);. The van der Waals surface area contributed by atoms with Gasteiger partial charge in [0, 0.05) is 35.6 Å². The Morgan fingerprint density at radius 3 is 1.61 bits per heavy atom. The van der Waals surface area contributed by atoms with Crippen molar-refractivity contribution in [3.05, 3.63) is 0 Å². The molecule has 0 unspecified atom stereocenters. The Morgan fingerprint density at radius 2 is 1.22 bits per heavy atom. The molecule has 6 heteroatoms. The van der Waals surface area contributed by atoms with E-state index in [9.17, 15) is 8.42 Å². The normalized spacial score (nSPS) is 11.2. The maximum atomic E-state index is 10.2. The minimum Gasteiger partial charge on any atom is -0.264 e.